The minimum absolute atomic E-state index is 0.00173. The van der Waals surface area contributed by atoms with Crippen LogP contribution in [-0.4, -0.2) is 37.1 Å². The molecule has 0 unspecified atom stereocenters. The van der Waals surface area contributed by atoms with Crippen molar-refractivity contribution in [3.8, 4) is 0 Å². The number of nitrogens with zero attached hydrogens (tertiary/aromatic N) is 5. The van der Waals surface area contributed by atoms with Gasteiger partial charge >= 0.3 is 0 Å². The van der Waals surface area contributed by atoms with Crippen molar-refractivity contribution in [3.63, 3.8) is 0 Å². The number of hydrogen-bond donors (Lipinski definition) is 0. The minimum Gasteiger partial charge on any atom is -0.361 e. The maximum Gasteiger partial charge on any atom is 0.259 e. The molecule has 0 bridgehead atoms. The lowest BCUT2D eigenvalue weighted by Crippen LogP contribution is -2.39. The normalized spacial score (nSPS) is 17.8. The SMILES string of the molecule is CCc1noc(C)c1C(=O)N1CCCC[C@H]1c1cc(C)n2nccc2n1. The highest BCUT2D eigenvalue weighted by atomic mass is 16.5. The monoisotopic (exact) mass is 353 g/mol. The van der Waals surface area contributed by atoms with Gasteiger partial charge in [-0.3, -0.25) is 4.79 Å². The van der Waals surface area contributed by atoms with Gasteiger partial charge in [0.15, 0.2) is 5.65 Å². The second-order valence-electron chi connectivity index (χ2n) is 6.85. The third kappa shape index (κ3) is 2.67. The Morgan fingerprint density at radius 3 is 3.00 bits per heavy atom. The number of fused-ring (bicyclic) bond motifs is 1. The van der Waals surface area contributed by atoms with Crippen LogP contribution in [-0.2, 0) is 6.42 Å². The molecule has 0 aliphatic carbocycles. The first kappa shape index (κ1) is 16.8. The van der Waals surface area contributed by atoms with Crippen LogP contribution < -0.4 is 0 Å². The van der Waals surface area contributed by atoms with Gasteiger partial charge in [-0.25, -0.2) is 9.50 Å². The van der Waals surface area contributed by atoms with Crippen LogP contribution in [0.15, 0.2) is 22.9 Å². The quantitative estimate of drug-likeness (QED) is 0.722. The average Bonchev–Trinajstić information content (AvgIpc) is 3.27. The molecular weight excluding hydrogens is 330 g/mol. The summed E-state index contributed by atoms with van der Waals surface area (Å²) < 4.78 is 7.10. The highest BCUT2D eigenvalue weighted by Crippen LogP contribution is 2.33. The molecule has 0 spiro atoms. The molecule has 26 heavy (non-hydrogen) atoms. The molecule has 3 aromatic rings. The van der Waals surface area contributed by atoms with E-state index >= 15 is 0 Å². The van der Waals surface area contributed by atoms with Crippen molar-refractivity contribution in [2.45, 2.75) is 52.5 Å². The first-order valence-electron chi connectivity index (χ1n) is 9.17. The Hall–Kier alpha value is -2.70. The Balaban J connectivity index is 1.74. The fourth-order valence-electron chi connectivity index (χ4n) is 3.82. The van der Waals surface area contributed by atoms with E-state index < -0.39 is 0 Å². The van der Waals surface area contributed by atoms with Gasteiger partial charge in [-0.2, -0.15) is 5.10 Å². The van der Waals surface area contributed by atoms with E-state index in [0.29, 0.717) is 17.7 Å². The van der Waals surface area contributed by atoms with Gasteiger partial charge in [-0.15, -0.1) is 0 Å². The molecule has 0 radical (unpaired) electrons. The average molecular weight is 353 g/mol. The summed E-state index contributed by atoms with van der Waals surface area (Å²) in [6.07, 6.45) is 5.42. The van der Waals surface area contributed by atoms with Crippen molar-refractivity contribution >= 4 is 11.6 Å². The van der Waals surface area contributed by atoms with Gasteiger partial charge in [0.1, 0.15) is 11.3 Å². The zero-order valence-electron chi connectivity index (χ0n) is 15.4. The molecule has 1 atom stereocenters. The lowest BCUT2D eigenvalue weighted by atomic mass is 9.97. The van der Waals surface area contributed by atoms with Gasteiger partial charge in [-0.05, 0) is 45.6 Å². The second-order valence-corrected chi connectivity index (χ2v) is 6.85. The van der Waals surface area contributed by atoms with Gasteiger partial charge in [0.05, 0.1) is 23.6 Å². The van der Waals surface area contributed by atoms with Crippen molar-refractivity contribution in [2.75, 3.05) is 6.54 Å². The summed E-state index contributed by atoms with van der Waals surface area (Å²) >= 11 is 0. The molecule has 136 valence electrons. The van der Waals surface area contributed by atoms with Gasteiger partial charge in [-0.1, -0.05) is 12.1 Å². The number of aryl methyl sites for hydroxylation is 3. The summed E-state index contributed by atoms with van der Waals surface area (Å²) in [5.74, 6) is 0.588. The zero-order valence-corrected chi connectivity index (χ0v) is 15.4. The molecule has 7 nitrogen and oxygen atoms in total. The first-order valence-corrected chi connectivity index (χ1v) is 9.17. The smallest absolute Gasteiger partial charge is 0.259 e. The van der Waals surface area contributed by atoms with Crippen molar-refractivity contribution < 1.29 is 9.32 Å². The highest BCUT2D eigenvalue weighted by Gasteiger charge is 2.33. The molecule has 4 heterocycles. The van der Waals surface area contributed by atoms with Gasteiger partial charge in [0.25, 0.3) is 5.91 Å². The van der Waals surface area contributed by atoms with Crippen molar-refractivity contribution in [1.82, 2.24) is 24.7 Å². The molecule has 3 aromatic heterocycles. The maximum absolute atomic E-state index is 13.3. The third-order valence-electron chi connectivity index (χ3n) is 5.14. The number of amides is 1. The predicted octanol–water partition coefficient (Wildman–Crippen LogP) is 3.26. The number of aromatic nitrogens is 4. The molecule has 1 fully saturated rings. The summed E-state index contributed by atoms with van der Waals surface area (Å²) in [4.78, 5) is 20.0. The second kappa shape index (κ2) is 6.55. The standard InChI is InChI=1S/C19H23N5O2/c1-4-14-18(13(3)26-22-14)19(25)23-10-6-5-7-16(23)15-11-12(2)24-17(21-15)8-9-20-24/h8-9,11,16H,4-7,10H2,1-3H3/t16-/m0/s1. The van der Waals surface area contributed by atoms with Crippen LogP contribution in [0.3, 0.4) is 0 Å². The number of likely N-dealkylation sites (tertiary alicyclic amines) is 1. The van der Waals surface area contributed by atoms with Crippen LogP contribution in [0.25, 0.3) is 5.65 Å². The largest absolute Gasteiger partial charge is 0.361 e. The van der Waals surface area contributed by atoms with Crippen LogP contribution >= 0.6 is 0 Å². The molecule has 7 heteroatoms. The van der Waals surface area contributed by atoms with E-state index in [9.17, 15) is 4.79 Å². The van der Waals surface area contributed by atoms with Crippen molar-refractivity contribution in [3.05, 3.63) is 46.7 Å². The summed E-state index contributed by atoms with van der Waals surface area (Å²) in [7, 11) is 0. The molecule has 1 aliphatic rings. The molecule has 0 aromatic carbocycles. The highest BCUT2D eigenvalue weighted by molar-refractivity contribution is 5.96. The zero-order chi connectivity index (χ0) is 18.3. The Morgan fingerprint density at radius 1 is 1.35 bits per heavy atom. The number of carbonyl (C=O) groups is 1. The number of piperidine rings is 1. The third-order valence-corrected chi connectivity index (χ3v) is 5.14. The topological polar surface area (TPSA) is 76.5 Å². The maximum atomic E-state index is 13.3. The van der Waals surface area contributed by atoms with Crippen LogP contribution in [0.2, 0.25) is 0 Å². The molecular formula is C19H23N5O2. The van der Waals surface area contributed by atoms with E-state index in [1.165, 1.54) is 0 Å². The van der Waals surface area contributed by atoms with Gasteiger partial charge in [0, 0.05) is 18.3 Å². The fourth-order valence-corrected chi connectivity index (χ4v) is 3.82. The summed E-state index contributed by atoms with van der Waals surface area (Å²) in [6.45, 7) is 6.53. The molecule has 4 rings (SSSR count). The number of rotatable bonds is 3. The summed E-state index contributed by atoms with van der Waals surface area (Å²) in [5, 5.41) is 8.33. The molecule has 1 amide bonds. The van der Waals surface area contributed by atoms with Crippen LogP contribution in [0.1, 0.15) is 65.4 Å². The van der Waals surface area contributed by atoms with Crippen molar-refractivity contribution in [1.29, 1.82) is 0 Å². The number of hydrogen-bond acceptors (Lipinski definition) is 5. The Labute approximate surface area is 152 Å². The van der Waals surface area contributed by atoms with E-state index in [1.54, 1.807) is 13.1 Å². The van der Waals surface area contributed by atoms with Crippen molar-refractivity contribution in [2.24, 2.45) is 0 Å². The van der Waals surface area contributed by atoms with Crippen LogP contribution in [0.5, 0.6) is 0 Å². The molecule has 0 saturated carbocycles. The van der Waals surface area contributed by atoms with E-state index in [0.717, 1.165) is 48.5 Å². The Bertz CT molecular complexity index is 958. The van der Waals surface area contributed by atoms with Crippen LogP contribution in [0.4, 0.5) is 0 Å². The van der Waals surface area contributed by atoms with E-state index in [4.69, 9.17) is 9.51 Å². The molecule has 1 aliphatic heterocycles. The van der Waals surface area contributed by atoms with E-state index in [1.807, 2.05) is 35.4 Å². The lowest BCUT2D eigenvalue weighted by molar-refractivity contribution is 0.0603. The molecule has 1 saturated heterocycles. The fraction of sp³-hybridized carbons (Fsp3) is 0.474. The summed E-state index contributed by atoms with van der Waals surface area (Å²) in [5.41, 5.74) is 4.10. The lowest BCUT2D eigenvalue weighted by Gasteiger charge is -2.35. The Morgan fingerprint density at radius 2 is 2.19 bits per heavy atom. The number of carbonyl (C=O) groups excluding carboxylic acids is 1. The Kier molecular flexibility index (Phi) is 4.22. The molecule has 0 N–H and O–H groups in total. The predicted molar refractivity (Wildman–Crippen MR) is 96.0 cm³/mol. The summed E-state index contributed by atoms with van der Waals surface area (Å²) in [6, 6.07) is 3.90. The van der Waals surface area contributed by atoms with Crippen LogP contribution in [0, 0.1) is 13.8 Å². The van der Waals surface area contributed by atoms with E-state index in [-0.39, 0.29) is 11.9 Å². The van der Waals surface area contributed by atoms with Gasteiger partial charge in [0.2, 0.25) is 0 Å². The first-order chi connectivity index (χ1) is 12.6. The van der Waals surface area contributed by atoms with Gasteiger partial charge < -0.3 is 9.42 Å². The van der Waals surface area contributed by atoms with E-state index in [2.05, 4.69) is 10.3 Å². The minimum atomic E-state index is -0.0335.